The highest BCUT2D eigenvalue weighted by Crippen LogP contribution is 2.40. The molecule has 0 amide bonds. The van der Waals surface area contributed by atoms with Crippen molar-refractivity contribution in [2.45, 2.75) is 46.2 Å². The van der Waals surface area contributed by atoms with Crippen molar-refractivity contribution in [1.82, 2.24) is 14.8 Å². The van der Waals surface area contributed by atoms with E-state index in [0.29, 0.717) is 11.8 Å². The van der Waals surface area contributed by atoms with Crippen LogP contribution in [0.15, 0.2) is 42.6 Å². The summed E-state index contributed by atoms with van der Waals surface area (Å²) in [7, 11) is 1.68. The molecule has 1 aliphatic heterocycles. The lowest BCUT2D eigenvalue weighted by Gasteiger charge is -2.31. The minimum absolute atomic E-state index is 0.460. The van der Waals surface area contributed by atoms with Crippen molar-refractivity contribution >= 4 is 5.82 Å². The maximum absolute atomic E-state index is 5.49. The van der Waals surface area contributed by atoms with E-state index >= 15 is 0 Å². The summed E-state index contributed by atoms with van der Waals surface area (Å²) >= 11 is 0. The number of methoxy groups -OCH3 is 1. The molecule has 0 radical (unpaired) electrons. The first-order chi connectivity index (χ1) is 13.6. The minimum atomic E-state index is 0.460. The third-order valence-corrected chi connectivity index (χ3v) is 5.45. The average molecular weight is 377 g/mol. The van der Waals surface area contributed by atoms with Gasteiger partial charge < -0.3 is 9.64 Å². The van der Waals surface area contributed by atoms with E-state index in [0.717, 1.165) is 37.3 Å². The van der Waals surface area contributed by atoms with Crippen LogP contribution in [0.2, 0.25) is 0 Å². The van der Waals surface area contributed by atoms with Crippen molar-refractivity contribution in [3.05, 3.63) is 59.4 Å². The van der Waals surface area contributed by atoms with Gasteiger partial charge in [0.2, 0.25) is 5.88 Å². The first-order valence-corrected chi connectivity index (χ1v) is 9.99. The SMILES string of the molecule is COc1ncccc1CN1CCCn2nc(C)c(-c3ccccc3C(C)C)c21. The van der Waals surface area contributed by atoms with Gasteiger partial charge in [-0.25, -0.2) is 9.67 Å². The third kappa shape index (κ3) is 3.26. The van der Waals surface area contributed by atoms with Gasteiger partial charge in [0.05, 0.1) is 12.8 Å². The van der Waals surface area contributed by atoms with Crippen LogP contribution in [0.5, 0.6) is 5.88 Å². The molecule has 5 heteroatoms. The van der Waals surface area contributed by atoms with Gasteiger partial charge in [0.1, 0.15) is 5.82 Å². The Labute approximate surface area is 167 Å². The Morgan fingerprint density at radius 2 is 1.93 bits per heavy atom. The zero-order valence-corrected chi connectivity index (χ0v) is 17.1. The second-order valence-corrected chi connectivity index (χ2v) is 7.70. The summed E-state index contributed by atoms with van der Waals surface area (Å²) in [6.45, 7) is 9.35. The highest BCUT2D eigenvalue weighted by Gasteiger charge is 2.27. The molecular formula is C23H28N4O. The fourth-order valence-corrected chi connectivity index (χ4v) is 4.20. The molecule has 0 aliphatic carbocycles. The number of ether oxygens (including phenoxy) is 1. The monoisotopic (exact) mass is 376 g/mol. The van der Waals surface area contributed by atoms with Crippen LogP contribution in [0.1, 0.15) is 43.0 Å². The number of hydrogen-bond acceptors (Lipinski definition) is 4. The van der Waals surface area contributed by atoms with E-state index < -0.39 is 0 Å². The molecule has 0 fully saturated rings. The van der Waals surface area contributed by atoms with E-state index in [1.165, 1.54) is 22.5 Å². The standard InChI is InChI=1S/C23H28N4O/c1-16(2)19-10-5-6-11-20(19)21-17(3)25-27-14-8-13-26(23(21)27)15-18-9-7-12-24-22(18)28-4/h5-7,9-12,16H,8,13-15H2,1-4H3. The molecule has 0 bridgehead atoms. The molecule has 146 valence electrons. The number of anilines is 1. The molecule has 4 rings (SSSR count). The van der Waals surface area contributed by atoms with Gasteiger partial charge >= 0.3 is 0 Å². The zero-order valence-electron chi connectivity index (χ0n) is 17.1. The largest absolute Gasteiger partial charge is 0.481 e. The van der Waals surface area contributed by atoms with E-state index in [2.05, 4.69) is 65.7 Å². The second-order valence-electron chi connectivity index (χ2n) is 7.70. The Balaban J connectivity index is 1.82. The molecule has 2 aromatic heterocycles. The van der Waals surface area contributed by atoms with Crippen LogP contribution in [0.4, 0.5) is 5.82 Å². The molecule has 3 aromatic rings. The Morgan fingerprint density at radius 3 is 2.71 bits per heavy atom. The maximum atomic E-state index is 5.49. The molecule has 5 nitrogen and oxygen atoms in total. The fourth-order valence-electron chi connectivity index (χ4n) is 4.20. The molecule has 1 aromatic carbocycles. The first-order valence-electron chi connectivity index (χ1n) is 9.99. The summed E-state index contributed by atoms with van der Waals surface area (Å²) in [6.07, 6.45) is 2.86. The number of benzene rings is 1. The molecule has 0 unspecified atom stereocenters. The number of fused-ring (bicyclic) bond motifs is 1. The molecule has 0 saturated heterocycles. The molecule has 28 heavy (non-hydrogen) atoms. The van der Waals surface area contributed by atoms with Crippen molar-refractivity contribution in [3.63, 3.8) is 0 Å². The average Bonchev–Trinajstić information content (AvgIpc) is 3.05. The quantitative estimate of drug-likeness (QED) is 0.642. The van der Waals surface area contributed by atoms with E-state index in [9.17, 15) is 0 Å². The second kappa shape index (κ2) is 7.66. The van der Waals surface area contributed by atoms with E-state index in [4.69, 9.17) is 9.84 Å². The normalized spacial score (nSPS) is 13.7. The lowest BCUT2D eigenvalue weighted by atomic mass is 9.92. The maximum Gasteiger partial charge on any atom is 0.218 e. The van der Waals surface area contributed by atoms with Crippen LogP contribution in [0, 0.1) is 6.92 Å². The van der Waals surface area contributed by atoms with Gasteiger partial charge in [0, 0.05) is 37.0 Å². The van der Waals surface area contributed by atoms with Crippen LogP contribution in [-0.4, -0.2) is 28.4 Å². The van der Waals surface area contributed by atoms with Gasteiger partial charge in [-0.2, -0.15) is 5.10 Å². The summed E-state index contributed by atoms with van der Waals surface area (Å²) in [5.74, 6) is 2.37. The lowest BCUT2D eigenvalue weighted by molar-refractivity contribution is 0.391. The zero-order chi connectivity index (χ0) is 19.7. The van der Waals surface area contributed by atoms with Gasteiger partial charge in [-0.15, -0.1) is 0 Å². The minimum Gasteiger partial charge on any atom is -0.481 e. The van der Waals surface area contributed by atoms with E-state index in [1.54, 1.807) is 13.3 Å². The Hall–Kier alpha value is -2.82. The van der Waals surface area contributed by atoms with Gasteiger partial charge in [-0.3, -0.25) is 0 Å². The molecular weight excluding hydrogens is 348 g/mol. The number of hydrogen-bond donors (Lipinski definition) is 0. The van der Waals surface area contributed by atoms with Gasteiger partial charge in [0.25, 0.3) is 0 Å². The Bertz CT molecular complexity index is 976. The van der Waals surface area contributed by atoms with Gasteiger partial charge in [-0.1, -0.05) is 44.2 Å². The Morgan fingerprint density at radius 1 is 1.11 bits per heavy atom. The topological polar surface area (TPSA) is 43.2 Å². The van der Waals surface area contributed by atoms with Crippen molar-refractivity contribution < 1.29 is 4.74 Å². The number of aromatic nitrogens is 3. The predicted octanol–water partition coefficient (Wildman–Crippen LogP) is 4.80. The summed E-state index contributed by atoms with van der Waals surface area (Å²) in [5.41, 5.74) is 6.10. The number of pyridine rings is 1. The molecule has 3 heterocycles. The fraction of sp³-hybridized carbons (Fsp3) is 0.391. The predicted molar refractivity (Wildman–Crippen MR) is 113 cm³/mol. The number of aryl methyl sites for hydroxylation is 2. The van der Waals surface area contributed by atoms with Gasteiger partial charge in [0.15, 0.2) is 0 Å². The Kier molecular flexibility index (Phi) is 5.07. The van der Waals surface area contributed by atoms with Crippen LogP contribution in [0.3, 0.4) is 0 Å². The summed E-state index contributed by atoms with van der Waals surface area (Å²) in [5, 5.41) is 4.89. The van der Waals surface area contributed by atoms with Crippen molar-refractivity contribution in [3.8, 4) is 17.0 Å². The lowest BCUT2D eigenvalue weighted by Crippen LogP contribution is -2.32. The molecule has 0 atom stereocenters. The highest BCUT2D eigenvalue weighted by molar-refractivity contribution is 5.81. The number of nitrogens with zero attached hydrogens (tertiary/aromatic N) is 4. The third-order valence-electron chi connectivity index (χ3n) is 5.45. The van der Waals surface area contributed by atoms with Crippen molar-refractivity contribution in [2.24, 2.45) is 0 Å². The molecule has 0 N–H and O–H groups in total. The van der Waals surface area contributed by atoms with Crippen molar-refractivity contribution in [2.75, 3.05) is 18.6 Å². The van der Waals surface area contributed by atoms with Crippen molar-refractivity contribution in [1.29, 1.82) is 0 Å². The molecule has 0 spiro atoms. The van der Waals surface area contributed by atoms with Crippen LogP contribution in [-0.2, 0) is 13.1 Å². The number of rotatable bonds is 5. The van der Waals surface area contributed by atoms with Gasteiger partial charge in [-0.05, 0) is 36.5 Å². The smallest absolute Gasteiger partial charge is 0.218 e. The summed E-state index contributed by atoms with van der Waals surface area (Å²) in [6, 6.07) is 12.8. The van der Waals surface area contributed by atoms with Crippen LogP contribution in [0.25, 0.3) is 11.1 Å². The molecule has 1 aliphatic rings. The first kappa shape index (κ1) is 18.5. The van der Waals surface area contributed by atoms with E-state index in [1.807, 2.05) is 6.07 Å². The summed E-state index contributed by atoms with van der Waals surface area (Å²) in [4.78, 5) is 6.80. The van der Waals surface area contributed by atoms with E-state index in [-0.39, 0.29) is 0 Å². The summed E-state index contributed by atoms with van der Waals surface area (Å²) < 4.78 is 7.66. The van der Waals surface area contributed by atoms with Crippen LogP contribution >= 0.6 is 0 Å². The van der Waals surface area contributed by atoms with Crippen LogP contribution < -0.4 is 9.64 Å². The highest BCUT2D eigenvalue weighted by atomic mass is 16.5. The molecule has 0 saturated carbocycles.